The Kier molecular flexibility index (Phi) is 3.79. The summed E-state index contributed by atoms with van der Waals surface area (Å²) in [7, 11) is 1.66. The topological polar surface area (TPSA) is 55.2 Å². The molecule has 1 fully saturated rings. The summed E-state index contributed by atoms with van der Waals surface area (Å²) in [5, 5.41) is 0. The van der Waals surface area contributed by atoms with Gasteiger partial charge in [-0.15, -0.1) is 0 Å². The molecule has 114 valence electrons. The zero-order valence-corrected chi connectivity index (χ0v) is 12.8. The third-order valence-electron chi connectivity index (χ3n) is 4.04. The van der Waals surface area contributed by atoms with Gasteiger partial charge in [0.15, 0.2) is 0 Å². The van der Waals surface area contributed by atoms with E-state index in [9.17, 15) is 9.59 Å². The molecule has 1 aliphatic carbocycles. The minimum atomic E-state index is -0.118. The molecule has 0 saturated heterocycles. The van der Waals surface area contributed by atoms with Crippen LogP contribution in [0.2, 0.25) is 0 Å². The Morgan fingerprint density at radius 2 is 2.09 bits per heavy atom. The summed E-state index contributed by atoms with van der Waals surface area (Å²) in [4.78, 5) is 30.6. The Labute approximate surface area is 129 Å². The SMILES string of the molecule is CC(c1ccccn1)N(C(=O)c1ccc(=O)n(C)c1)C1CC1. The van der Waals surface area contributed by atoms with E-state index in [4.69, 9.17) is 0 Å². The molecule has 3 rings (SSSR count). The van der Waals surface area contributed by atoms with E-state index in [2.05, 4.69) is 4.98 Å². The first-order valence-corrected chi connectivity index (χ1v) is 7.48. The number of carbonyl (C=O) groups excluding carboxylic acids is 1. The van der Waals surface area contributed by atoms with Gasteiger partial charge in [0.25, 0.3) is 5.91 Å². The van der Waals surface area contributed by atoms with Gasteiger partial charge in [0, 0.05) is 31.5 Å². The molecule has 0 spiro atoms. The molecule has 0 aliphatic heterocycles. The normalized spacial score (nSPS) is 15.4. The van der Waals surface area contributed by atoms with Gasteiger partial charge in [-0.2, -0.15) is 0 Å². The van der Waals surface area contributed by atoms with Crippen LogP contribution in [0.25, 0.3) is 0 Å². The molecule has 2 aromatic heterocycles. The number of carbonyl (C=O) groups is 1. The van der Waals surface area contributed by atoms with Gasteiger partial charge >= 0.3 is 0 Å². The zero-order chi connectivity index (χ0) is 15.7. The highest BCUT2D eigenvalue weighted by Crippen LogP contribution is 2.34. The summed E-state index contributed by atoms with van der Waals surface area (Å²) in [5.74, 6) is -0.0451. The first-order chi connectivity index (χ1) is 10.6. The van der Waals surface area contributed by atoms with Crippen LogP contribution in [0.1, 0.15) is 41.9 Å². The number of amides is 1. The van der Waals surface area contributed by atoms with E-state index in [1.165, 1.54) is 10.6 Å². The first-order valence-electron chi connectivity index (χ1n) is 7.48. The largest absolute Gasteiger partial charge is 0.327 e. The molecule has 5 heteroatoms. The molecule has 0 N–H and O–H groups in total. The Balaban J connectivity index is 1.92. The summed E-state index contributed by atoms with van der Waals surface area (Å²) < 4.78 is 1.43. The van der Waals surface area contributed by atoms with Gasteiger partial charge in [-0.3, -0.25) is 14.6 Å². The van der Waals surface area contributed by atoms with Gasteiger partial charge in [0.05, 0.1) is 17.3 Å². The Morgan fingerprint density at radius 1 is 1.32 bits per heavy atom. The molecule has 22 heavy (non-hydrogen) atoms. The number of aryl methyl sites for hydroxylation is 1. The standard InChI is InChI=1S/C17H19N3O2/c1-12(15-5-3-4-10-18-15)20(14-7-8-14)17(22)13-6-9-16(21)19(2)11-13/h3-6,9-12,14H,7-8H2,1-2H3. The average molecular weight is 297 g/mol. The minimum Gasteiger partial charge on any atom is -0.327 e. The Hall–Kier alpha value is -2.43. The second-order valence-electron chi connectivity index (χ2n) is 5.74. The lowest BCUT2D eigenvalue weighted by atomic mass is 10.1. The molecule has 0 bridgehead atoms. The van der Waals surface area contributed by atoms with Gasteiger partial charge in [0.2, 0.25) is 5.56 Å². The van der Waals surface area contributed by atoms with Crippen molar-refractivity contribution in [3.63, 3.8) is 0 Å². The summed E-state index contributed by atoms with van der Waals surface area (Å²) in [5.41, 5.74) is 1.30. The van der Waals surface area contributed by atoms with Gasteiger partial charge in [-0.05, 0) is 38.0 Å². The maximum atomic E-state index is 12.9. The van der Waals surface area contributed by atoms with Crippen molar-refractivity contribution in [1.29, 1.82) is 0 Å². The smallest absolute Gasteiger partial charge is 0.256 e. The third kappa shape index (κ3) is 2.79. The van der Waals surface area contributed by atoms with E-state index in [1.807, 2.05) is 30.0 Å². The maximum Gasteiger partial charge on any atom is 0.256 e. The lowest BCUT2D eigenvalue weighted by molar-refractivity contribution is 0.0669. The van der Waals surface area contributed by atoms with Crippen LogP contribution in [0, 0.1) is 0 Å². The molecular formula is C17H19N3O2. The van der Waals surface area contributed by atoms with Crippen LogP contribution < -0.4 is 5.56 Å². The molecule has 1 atom stereocenters. The number of aromatic nitrogens is 2. The van der Waals surface area contributed by atoms with Crippen molar-refractivity contribution < 1.29 is 4.79 Å². The zero-order valence-electron chi connectivity index (χ0n) is 12.8. The van der Waals surface area contributed by atoms with Crippen LogP contribution in [0.5, 0.6) is 0 Å². The van der Waals surface area contributed by atoms with E-state index in [0.29, 0.717) is 5.56 Å². The minimum absolute atomic E-state index is 0.0451. The van der Waals surface area contributed by atoms with Gasteiger partial charge < -0.3 is 9.47 Å². The average Bonchev–Trinajstić information content (AvgIpc) is 3.35. The second kappa shape index (κ2) is 5.75. The van der Waals surface area contributed by atoms with Crippen molar-refractivity contribution in [3.05, 3.63) is 64.3 Å². The lowest BCUT2D eigenvalue weighted by Gasteiger charge is -2.29. The fourth-order valence-electron chi connectivity index (χ4n) is 2.65. The summed E-state index contributed by atoms with van der Waals surface area (Å²) in [6.45, 7) is 2.00. The number of rotatable bonds is 4. The van der Waals surface area contributed by atoms with Crippen LogP contribution in [0.15, 0.2) is 47.5 Å². The van der Waals surface area contributed by atoms with E-state index in [1.54, 1.807) is 25.5 Å². The van der Waals surface area contributed by atoms with Crippen LogP contribution in [0.3, 0.4) is 0 Å². The molecular weight excluding hydrogens is 278 g/mol. The van der Waals surface area contributed by atoms with Gasteiger partial charge in [-0.25, -0.2) is 0 Å². The number of hydrogen-bond donors (Lipinski definition) is 0. The van der Waals surface area contributed by atoms with Crippen LogP contribution >= 0.6 is 0 Å². The number of pyridine rings is 2. The van der Waals surface area contributed by atoms with Crippen molar-refractivity contribution in [2.45, 2.75) is 31.8 Å². The second-order valence-corrected chi connectivity index (χ2v) is 5.74. The molecule has 5 nitrogen and oxygen atoms in total. The van der Waals surface area contributed by atoms with E-state index in [-0.39, 0.29) is 23.6 Å². The quantitative estimate of drug-likeness (QED) is 0.869. The van der Waals surface area contributed by atoms with Crippen LogP contribution in [0.4, 0.5) is 0 Å². The fraction of sp³-hybridized carbons (Fsp3) is 0.353. The summed E-state index contributed by atoms with van der Waals surface area (Å²) >= 11 is 0. The van der Waals surface area contributed by atoms with E-state index >= 15 is 0 Å². The molecule has 1 unspecified atom stereocenters. The van der Waals surface area contributed by atoms with Crippen molar-refractivity contribution in [1.82, 2.24) is 14.5 Å². The fourth-order valence-corrected chi connectivity index (χ4v) is 2.65. The van der Waals surface area contributed by atoms with Crippen molar-refractivity contribution in [3.8, 4) is 0 Å². The Bertz CT molecular complexity index is 735. The molecule has 1 aliphatic rings. The van der Waals surface area contributed by atoms with E-state index < -0.39 is 0 Å². The highest BCUT2D eigenvalue weighted by atomic mass is 16.2. The highest BCUT2D eigenvalue weighted by Gasteiger charge is 2.37. The highest BCUT2D eigenvalue weighted by molar-refractivity contribution is 5.94. The monoisotopic (exact) mass is 297 g/mol. The third-order valence-corrected chi connectivity index (χ3v) is 4.04. The predicted octanol–water partition coefficient (Wildman–Crippen LogP) is 2.15. The van der Waals surface area contributed by atoms with Gasteiger partial charge in [-0.1, -0.05) is 6.07 Å². The van der Waals surface area contributed by atoms with E-state index in [0.717, 1.165) is 18.5 Å². The predicted molar refractivity (Wildman–Crippen MR) is 83.5 cm³/mol. The number of hydrogen-bond acceptors (Lipinski definition) is 3. The molecule has 0 aromatic carbocycles. The molecule has 2 aromatic rings. The van der Waals surface area contributed by atoms with Gasteiger partial charge in [0.1, 0.15) is 0 Å². The summed E-state index contributed by atoms with van der Waals surface area (Å²) in [6, 6.07) is 8.95. The van der Waals surface area contributed by atoms with Crippen LogP contribution in [-0.4, -0.2) is 26.4 Å². The lowest BCUT2D eigenvalue weighted by Crippen LogP contribution is -2.36. The Morgan fingerprint density at radius 3 is 2.68 bits per heavy atom. The van der Waals surface area contributed by atoms with Crippen LogP contribution in [-0.2, 0) is 7.05 Å². The molecule has 1 amide bonds. The van der Waals surface area contributed by atoms with Crippen molar-refractivity contribution >= 4 is 5.91 Å². The maximum absolute atomic E-state index is 12.9. The summed E-state index contributed by atoms with van der Waals surface area (Å²) in [6.07, 6.45) is 5.39. The molecule has 2 heterocycles. The van der Waals surface area contributed by atoms with Crippen molar-refractivity contribution in [2.75, 3.05) is 0 Å². The molecule has 1 saturated carbocycles. The first kappa shape index (κ1) is 14.5. The number of nitrogens with zero attached hydrogens (tertiary/aromatic N) is 3. The molecule has 0 radical (unpaired) electrons. The van der Waals surface area contributed by atoms with Crippen molar-refractivity contribution in [2.24, 2.45) is 7.05 Å².